The monoisotopic (exact) mass is 510 g/mol. The normalized spacial score (nSPS) is 23.5. The van der Waals surface area contributed by atoms with Gasteiger partial charge in [0, 0.05) is 47.8 Å². The van der Waals surface area contributed by atoms with Gasteiger partial charge in [0.15, 0.2) is 9.84 Å². The maximum atomic E-state index is 12.9. The molecular weight excluding hydrogens is 472 g/mol. The van der Waals surface area contributed by atoms with Gasteiger partial charge in [0.2, 0.25) is 0 Å². The first-order valence-electron chi connectivity index (χ1n) is 13.4. The minimum absolute atomic E-state index is 0.0321. The average Bonchev–Trinajstić information content (AvgIpc) is 3.35. The third kappa shape index (κ3) is 5.04. The number of anilines is 1. The van der Waals surface area contributed by atoms with E-state index >= 15 is 0 Å². The number of H-pyrrole nitrogens is 1. The Morgan fingerprint density at radius 1 is 1.11 bits per heavy atom. The Morgan fingerprint density at radius 3 is 2.61 bits per heavy atom. The molecule has 2 atom stereocenters. The van der Waals surface area contributed by atoms with Crippen LogP contribution in [0.15, 0.2) is 23.1 Å². The van der Waals surface area contributed by atoms with Crippen LogP contribution in [0, 0.1) is 0 Å². The Balaban J connectivity index is 1.44. The number of aromatic nitrogens is 1. The molecule has 7 nitrogen and oxygen atoms in total. The fourth-order valence-electron chi connectivity index (χ4n) is 6.10. The number of sulfone groups is 1. The molecule has 1 fully saturated rings. The van der Waals surface area contributed by atoms with Crippen molar-refractivity contribution in [2.45, 2.75) is 76.3 Å². The van der Waals surface area contributed by atoms with Crippen LogP contribution in [-0.2, 0) is 33.9 Å². The van der Waals surface area contributed by atoms with E-state index in [0.29, 0.717) is 28.9 Å². The largest absolute Gasteiger partial charge is 0.358 e. The molecule has 5 rings (SSSR count). The van der Waals surface area contributed by atoms with Gasteiger partial charge >= 0.3 is 0 Å². The van der Waals surface area contributed by atoms with E-state index in [1.54, 1.807) is 25.1 Å². The molecule has 2 unspecified atom stereocenters. The molecule has 1 amide bonds. The second kappa shape index (κ2) is 10.1. The SMILES string of the molecule is CCS(=O)(=O)c1ccc2c(c1)/C(=C\c1[nH]c3c(c1CCCN1CC(C)NC(C)C1)CCCC3)C(=O)N2. The van der Waals surface area contributed by atoms with Crippen LogP contribution >= 0.6 is 0 Å². The number of aryl methyl sites for hydroxylation is 1. The maximum absolute atomic E-state index is 12.9. The summed E-state index contributed by atoms with van der Waals surface area (Å²) in [6.45, 7) is 9.35. The lowest BCUT2D eigenvalue weighted by Crippen LogP contribution is -2.54. The first kappa shape index (κ1) is 25.2. The Hall–Kier alpha value is -2.42. The van der Waals surface area contributed by atoms with E-state index < -0.39 is 9.84 Å². The molecule has 1 aliphatic carbocycles. The fourth-order valence-corrected chi connectivity index (χ4v) is 7.01. The molecule has 2 aromatic rings. The number of fused-ring (bicyclic) bond motifs is 2. The lowest BCUT2D eigenvalue weighted by atomic mass is 9.92. The van der Waals surface area contributed by atoms with Crippen LogP contribution in [0.4, 0.5) is 5.69 Å². The highest BCUT2D eigenvalue weighted by Crippen LogP contribution is 2.37. The minimum atomic E-state index is -3.36. The van der Waals surface area contributed by atoms with E-state index in [4.69, 9.17) is 0 Å². The van der Waals surface area contributed by atoms with E-state index in [1.165, 1.54) is 29.7 Å². The highest BCUT2D eigenvalue weighted by atomic mass is 32.2. The Labute approximate surface area is 214 Å². The van der Waals surface area contributed by atoms with Crippen molar-refractivity contribution in [3.8, 4) is 0 Å². The molecule has 8 heteroatoms. The summed E-state index contributed by atoms with van der Waals surface area (Å²) < 4.78 is 25.0. The van der Waals surface area contributed by atoms with Gasteiger partial charge in [-0.2, -0.15) is 0 Å². The molecule has 0 radical (unpaired) electrons. The van der Waals surface area contributed by atoms with Crippen molar-refractivity contribution in [3.63, 3.8) is 0 Å². The van der Waals surface area contributed by atoms with Crippen molar-refractivity contribution in [2.24, 2.45) is 0 Å². The first-order valence-corrected chi connectivity index (χ1v) is 15.0. The Kier molecular flexibility index (Phi) is 7.12. The van der Waals surface area contributed by atoms with E-state index in [0.717, 1.165) is 51.0 Å². The topological polar surface area (TPSA) is 94.3 Å². The summed E-state index contributed by atoms with van der Waals surface area (Å²) in [5, 5.41) is 6.51. The van der Waals surface area contributed by atoms with Crippen LogP contribution in [0.3, 0.4) is 0 Å². The van der Waals surface area contributed by atoms with Gasteiger partial charge in [-0.25, -0.2) is 8.42 Å². The number of carbonyl (C=O) groups excluding carboxylic acids is 1. The molecule has 36 heavy (non-hydrogen) atoms. The van der Waals surface area contributed by atoms with Gasteiger partial charge < -0.3 is 20.5 Å². The lowest BCUT2D eigenvalue weighted by molar-refractivity contribution is -0.110. The van der Waals surface area contributed by atoms with E-state index in [2.05, 4.69) is 34.4 Å². The second-order valence-corrected chi connectivity index (χ2v) is 12.9. The van der Waals surface area contributed by atoms with Crippen LogP contribution in [0.2, 0.25) is 0 Å². The highest BCUT2D eigenvalue weighted by Gasteiger charge is 2.28. The summed E-state index contributed by atoms with van der Waals surface area (Å²) in [5.74, 6) is -0.150. The van der Waals surface area contributed by atoms with Gasteiger partial charge in [0.1, 0.15) is 0 Å². The average molecular weight is 511 g/mol. The van der Waals surface area contributed by atoms with Gasteiger partial charge in [0.05, 0.1) is 16.2 Å². The number of piperazine rings is 1. The molecule has 3 aliphatic rings. The zero-order chi connectivity index (χ0) is 25.4. The molecule has 3 N–H and O–H groups in total. The van der Waals surface area contributed by atoms with Crippen molar-refractivity contribution in [2.75, 3.05) is 30.7 Å². The number of benzene rings is 1. The van der Waals surface area contributed by atoms with Crippen molar-refractivity contribution >= 4 is 33.1 Å². The summed E-state index contributed by atoms with van der Waals surface area (Å²) in [6.07, 6.45) is 8.49. The van der Waals surface area contributed by atoms with Gasteiger partial charge in [0.25, 0.3) is 5.91 Å². The molecule has 2 aliphatic heterocycles. The zero-order valence-corrected chi connectivity index (χ0v) is 22.4. The Bertz CT molecular complexity index is 1280. The summed E-state index contributed by atoms with van der Waals surface area (Å²) in [7, 11) is -3.36. The van der Waals surface area contributed by atoms with Crippen LogP contribution in [0.1, 0.15) is 68.1 Å². The van der Waals surface area contributed by atoms with Crippen LogP contribution in [0.5, 0.6) is 0 Å². The summed E-state index contributed by atoms with van der Waals surface area (Å²) in [6, 6.07) is 5.95. The number of rotatable bonds is 7. The number of hydrogen-bond acceptors (Lipinski definition) is 5. The van der Waals surface area contributed by atoms with Crippen LogP contribution < -0.4 is 10.6 Å². The highest BCUT2D eigenvalue weighted by molar-refractivity contribution is 7.91. The predicted octanol–water partition coefficient (Wildman–Crippen LogP) is 3.79. The number of aromatic amines is 1. The first-order chi connectivity index (χ1) is 17.2. The lowest BCUT2D eigenvalue weighted by Gasteiger charge is -2.36. The number of nitrogens with one attached hydrogen (secondary N) is 3. The summed E-state index contributed by atoms with van der Waals surface area (Å²) in [4.78, 5) is 19.4. The molecule has 3 heterocycles. The van der Waals surface area contributed by atoms with Crippen LogP contribution in [0.25, 0.3) is 11.6 Å². The van der Waals surface area contributed by atoms with E-state index in [1.807, 2.05) is 6.08 Å². The summed E-state index contributed by atoms with van der Waals surface area (Å²) >= 11 is 0. The molecule has 0 bridgehead atoms. The minimum Gasteiger partial charge on any atom is -0.358 e. The van der Waals surface area contributed by atoms with Gasteiger partial charge in [-0.15, -0.1) is 0 Å². The number of nitrogens with zero attached hydrogens (tertiary/aromatic N) is 1. The van der Waals surface area contributed by atoms with Crippen molar-refractivity contribution in [3.05, 3.63) is 46.3 Å². The van der Waals surface area contributed by atoms with Gasteiger partial charge in [-0.05, 0) is 94.3 Å². The van der Waals surface area contributed by atoms with Crippen LogP contribution in [-0.4, -0.2) is 61.7 Å². The van der Waals surface area contributed by atoms with Crippen molar-refractivity contribution in [1.29, 1.82) is 0 Å². The molecule has 1 aromatic carbocycles. The fraction of sp³-hybridized carbons (Fsp3) is 0.536. The molecule has 0 saturated carbocycles. The molecule has 1 saturated heterocycles. The quantitative estimate of drug-likeness (QED) is 0.493. The molecule has 194 valence electrons. The predicted molar refractivity (Wildman–Crippen MR) is 145 cm³/mol. The third-order valence-electron chi connectivity index (χ3n) is 7.78. The molecule has 0 spiro atoms. The Morgan fingerprint density at radius 2 is 1.86 bits per heavy atom. The number of amides is 1. The molecular formula is C28H38N4O3S. The smallest absolute Gasteiger partial charge is 0.256 e. The van der Waals surface area contributed by atoms with Crippen molar-refractivity contribution < 1.29 is 13.2 Å². The third-order valence-corrected chi connectivity index (χ3v) is 9.51. The van der Waals surface area contributed by atoms with Crippen molar-refractivity contribution in [1.82, 2.24) is 15.2 Å². The van der Waals surface area contributed by atoms with E-state index in [9.17, 15) is 13.2 Å². The van der Waals surface area contributed by atoms with Gasteiger partial charge in [-0.1, -0.05) is 6.92 Å². The van der Waals surface area contributed by atoms with E-state index in [-0.39, 0.29) is 16.6 Å². The summed E-state index contributed by atoms with van der Waals surface area (Å²) in [5.41, 5.74) is 6.92. The number of hydrogen-bond donors (Lipinski definition) is 3. The molecule has 1 aromatic heterocycles. The number of carbonyl (C=O) groups is 1. The zero-order valence-electron chi connectivity index (χ0n) is 21.6. The van der Waals surface area contributed by atoms with Gasteiger partial charge in [-0.3, -0.25) is 4.79 Å². The standard InChI is InChI=1S/C28H38N4O3S/c1-4-36(34,35)20-11-12-26-23(14-20)24(28(33)31-26)15-27-22(21-8-5-6-10-25(21)30-27)9-7-13-32-16-18(2)29-19(3)17-32/h11-12,14-15,18-19,29-30H,4-10,13,16-17H2,1-3H3,(H,31,33)/b24-15+. The second-order valence-electron chi connectivity index (χ2n) is 10.6. The maximum Gasteiger partial charge on any atom is 0.256 e.